The number of ketones is 1. The fraction of sp³-hybridized carbons (Fsp3) is 0.143. The van der Waals surface area contributed by atoms with Crippen molar-refractivity contribution in [3.05, 3.63) is 59.9 Å². The Morgan fingerprint density at radius 3 is 2.65 bits per heavy atom. The quantitative estimate of drug-likeness (QED) is 0.361. The average molecular weight is 436 g/mol. The summed E-state index contributed by atoms with van der Waals surface area (Å²) in [7, 11) is -3.35. The molecule has 0 saturated carbocycles. The lowest BCUT2D eigenvalue weighted by Crippen LogP contribution is -2.16. The zero-order chi connectivity index (χ0) is 21.9. The van der Waals surface area contributed by atoms with Crippen molar-refractivity contribution in [3.63, 3.8) is 0 Å². The smallest absolute Gasteiger partial charge is 0.214 e. The van der Waals surface area contributed by atoms with Gasteiger partial charge in [0.05, 0.1) is 45.6 Å². The number of carbonyl (C=O) groups excluding carboxylic acids is 1. The first-order chi connectivity index (χ1) is 14.7. The lowest BCUT2D eigenvalue weighted by atomic mass is 10.1. The van der Waals surface area contributed by atoms with Gasteiger partial charge in [0.25, 0.3) is 0 Å². The highest BCUT2D eigenvalue weighted by Crippen LogP contribution is 2.32. The summed E-state index contributed by atoms with van der Waals surface area (Å²) in [6.45, 7) is 2.01. The van der Waals surface area contributed by atoms with E-state index in [1.165, 1.54) is 23.0 Å². The van der Waals surface area contributed by atoms with Gasteiger partial charge in [0.15, 0.2) is 9.84 Å². The second-order valence-electron chi connectivity index (χ2n) is 7.63. The minimum absolute atomic E-state index is 0.127. The van der Waals surface area contributed by atoms with Crippen LogP contribution in [0.15, 0.2) is 53.6 Å². The molecule has 0 radical (unpaired) electrons. The largest absolute Gasteiger partial charge is 0.383 e. The molecule has 158 valence electrons. The first-order valence-corrected chi connectivity index (χ1v) is 11.5. The van der Waals surface area contributed by atoms with E-state index < -0.39 is 9.84 Å². The Morgan fingerprint density at radius 1 is 1.10 bits per heavy atom. The maximum absolute atomic E-state index is 13.1. The van der Waals surface area contributed by atoms with E-state index in [0.29, 0.717) is 11.2 Å². The van der Waals surface area contributed by atoms with Gasteiger partial charge in [-0.15, -0.1) is 0 Å². The average Bonchev–Trinajstić information content (AvgIpc) is 3.40. The van der Waals surface area contributed by atoms with Gasteiger partial charge in [-0.3, -0.25) is 4.79 Å². The lowest BCUT2D eigenvalue weighted by molar-refractivity contribution is 0.103. The second-order valence-corrected chi connectivity index (χ2v) is 9.64. The molecule has 5 rings (SSSR count). The summed E-state index contributed by atoms with van der Waals surface area (Å²) in [5.41, 5.74) is 10.1. The van der Waals surface area contributed by atoms with E-state index in [4.69, 9.17) is 5.73 Å². The maximum Gasteiger partial charge on any atom is 0.214 e. The third-order valence-corrected chi connectivity index (χ3v) is 6.42. The van der Waals surface area contributed by atoms with Crippen LogP contribution in [0.4, 0.5) is 17.2 Å². The normalized spacial score (nSPS) is 15.5. The van der Waals surface area contributed by atoms with Crippen LogP contribution in [-0.4, -0.2) is 41.4 Å². The van der Waals surface area contributed by atoms with Crippen molar-refractivity contribution in [1.29, 1.82) is 0 Å². The van der Waals surface area contributed by atoms with Gasteiger partial charge >= 0.3 is 0 Å². The fourth-order valence-electron chi connectivity index (χ4n) is 3.75. The molecule has 2 aromatic heterocycles. The summed E-state index contributed by atoms with van der Waals surface area (Å²) in [6, 6.07) is 12.1. The molecule has 0 bridgehead atoms. The molecule has 2 aromatic carbocycles. The molecule has 0 fully saturated rings. The summed E-state index contributed by atoms with van der Waals surface area (Å²) < 4.78 is 25.1. The van der Waals surface area contributed by atoms with Crippen molar-refractivity contribution in [2.75, 3.05) is 22.6 Å². The number of rotatable bonds is 4. The van der Waals surface area contributed by atoms with Crippen LogP contribution in [0.2, 0.25) is 0 Å². The molecule has 0 amide bonds. The first-order valence-electron chi connectivity index (χ1n) is 9.59. The van der Waals surface area contributed by atoms with E-state index in [9.17, 15) is 13.2 Å². The Morgan fingerprint density at radius 2 is 1.87 bits per heavy atom. The number of carbonyl (C=O) groups is 1. The summed E-state index contributed by atoms with van der Waals surface area (Å²) in [6.07, 6.45) is 2.71. The van der Waals surface area contributed by atoms with Gasteiger partial charge in [-0.25, -0.2) is 13.1 Å². The number of hydrogen-bond donors (Lipinski definition) is 4. The van der Waals surface area contributed by atoms with Gasteiger partial charge < -0.3 is 21.4 Å². The van der Waals surface area contributed by atoms with Crippen LogP contribution in [0, 0.1) is 0 Å². The summed E-state index contributed by atoms with van der Waals surface area (Å²) in [4.78, 5) is 16.3. The number of aromatic nitrogens is 3. The summed E-state index contributed by atoms with van der Waals surface area (Å²) in [5.74, 6) is -0.102. The highest BCUT2D eigenvalue weighted by Gasteiger charge is 2.22. The second kappa shape index (κ2) is 6.61. The Bertz CT molecular complexity index is 1470. The van der Waals surface area contributed by atoms with Gasteiger partial charge in [0.1, 0.15) is 5.82 Å². The van der Waals surface area contributed by atoms with Crippen LogP contribution in [0.3, 0.4) is 0 Å². The highest BCUT2D eigenvalue weighted by atomic mass is 32.2. The Labute approximate surface area is 178 Å². The van der Waals surface area contributed by atoms with Crippen molar-refractivity contribution >= 4 is 43.7 Å². The molecule has 0 saturated heterocycles. The summed E-state index contributed by atoms with van der Waals surface area (Å²) in [5, 5.41) is 11.6. The van der Waals surface area contributed by atoms with Crippen molar-refractivity contribution in [2.24, 2.45) is 0 Å². The van der Waals surface area contributed by atoms with Crippen molar-refractivity contribution in [1.82, 2.24) is 14.8 Å². The molecule has 9 nitrogen and oxygen atoms in total. The topological polar surface area (TPSA) is 135 Å². The molecule has 1 aliphatic heterocycles. The Hall–Kier alpha value is -3.79. The number of H-pyrrole nitrogens is 1. The number of sulfone groups is 1. The van der Waals surface area contributed by atoms with Crippen molar-refractivity contribution in [2.45, 2.75) is 18.0 Å². The predicted octanol–water partition coefficient (Wildman–Crippen LogP) is 2.75. The van der Waals surface area contributed by atoms with E-state index in [1.807, 2.05) is 25.1 Å². The number of nitrogens with zero attached hydrogens (tertiary/aromatic N) is 2. The van der Waals surface area contributed by atoms with E-state index in [-0.39, 0.29) is 28.2 Å². The van der Waals surface area contributed by atoms with Gasteiger partial charge in [0, 0.05) is 17.2 Å². The number of hydrogen-bond acceptors (Lipinski definition) is 7. The van der Waals surface area contributed by atoms with Gasteiger partial charge in [0.2, 0.25) is 5.78 Å². The van der Waals surface area contributed by atoms with Crippen LogP contribution >= 0.6 is 0 Å². The molecule has 3 heterocycles. The van der Waals surface area contributed by atoms with E-state index in [1.54, 1.807) is 12.1 Å². The zero-order valence-corrected chi connectivity index (χ0v) is 17.6. The standard InChI is InChI=1S/C21H20N6O3S/c1-11-24-16-6-4-13(8-18(16)25-11)27-21(22)15(10-23-27)20(28)19-7-12-3-5-14(31(2,29)30)9-17(12)26-19/h3-11,24-26H,22H2,1-2H3. The van der Waals surface area contributed by atoms with Gasteiger partial charge in [-0.2, -0.15) is 5.10 Å². The molecule has 31 heavy (non-hydrogen) atoms. The van der Waals surface area contributed by atoms with Crippen LogP contribution in [-0.2, 0) is 9.84 Å². The molecular formula is C21H20N6O3S. The van der Waals surface area contributed by atoms with Crippen molar-refractivity contribution < 1.29 is 13.2 Å². The number of fused-ring (bicyclic) bond motifs is 2. The number of benzene rings is 2. The minimum atomic E-state index is -3.35. The SMILES string of the molecule is CC1Nc2ccc(-n3ncc(C(=O)c4cc5ccc(S(C)(=O)=O)cc5[nH]4)c3N)cc2N1. The third-order valence-electron chi connectivity index (χ3n) is 5.31. The highest BCUT2D eigenvalue weighted by molar-refractivity contribution is 7.90. The number of nitrogen functional groups attached to an aromatic ring is 1. The fourth-order valence-corrected chi connectivity index (χ4v) is 4.40. The number of aromatic amines is 1. The molecule has 4 aromatic rings. The molecule has 5 N–H and O–H groups in total. The minimum Gasteiger partial charge on any atom is -0.383 e. The molecule has 0 spiro atoms. The molecular weight excluding hydrogens is 416 g/mol. The first kappa shape index (κ1) is 19.2. The predicted molar refractivity (Wildman–Crippen MR) is 120 cm³/mol. The van der Waals surface area contributed by atoms with Crippen LogP contribution in [0.25, 0.3) is 16.6 Å². The van der Waals surface area contributed by atoms with Crippen LogP contribution < -0.4 is 16.4 Å². The van der Waals surface area contributed by atoms with Crippen LogP contribution in [0.1, 0.15) is 23.0 Å². The van der Waals surface area contributed by atoms with Gasteiger partial charge in [-0.05, 0) is 43.3 Å². The third kappa shape index (κ3) is 3.21. The van der Waals surface area contributed by atoms with Crippen molar-refractivity contribution in [3.8, 4) is 5.69 Å². The molecule has 1 unspecified atom stereocenters. The molecule has 10 heteroatoms. The summed E-state index contributed by atoms with van der Waals surface area (Å²) >= 11 is 0. The van der Waals surface area contributed by atoms with E-state index in [0.717, 1.165) is 28.7 Å². The number of nitrogens with one attached hydrogen (secondary N) is 3. The lowest BCUT2D eigenvalue weighted by Gasteiger charge is -2.07. The molecule has 1 atom stereocenters. The van der Waals surface area contributed by atoms with Crippen LogP contribution in [0.5, 0.6) is 0 Å². The van der Waals surface area contributed by atoms with Gasteiger partial charge in [-0.1, -0.05) is 6.07 Å². The Balaban J connectivity index is 1.50. The number of anilines is 3. The molecule has 0 aliphatic carbocycles. The van der Waals surface area contributed by atoms with E-state index >= 15 is 0 Å². The van der Waals surface area contributed by atoms with E-state index in [2.05, 4.69) is 20.7 Å². The molecule has 1 aliphatic rings. The Kier molecular flexibility index (Phi) is 4.09. The number of nitrogens with two attached hydrogens (primary N) is 1. The maximum atomic E-state index is 13.1. The monoisotopic (exact) mass is 436 g/mol. The zero-order valence-electron chi connectivity index (χ0n) is 16.8.